The Balaban J connectivity index is 1.83. The van der Waals surface area contributed by atoms with Crippen molar-refractivity contribution >= 4 is 5.57 Å². The van der Waals surface area contributed by atoms with Crippen LogP contribution in [0.3, 0.4) is 0 Å². The first-order chi connectivity index (χ1) is 12.9. The molecule has 2 aromatic carbocycles. The van der Waals surface area contributed by atoms with Gasteiger partial charge < -0.3 is 10.4 Å². The lowest BCUT2D eigenvalue weighted by Crippen LogP contribution is -2.10. The third kappa shape index (κ3) is 3.45. The van der Waals surface area contributed by atoms with E-state index in [-0.39, 0.29) is 11.2 Å². The summed E-state index contributed by atoms with van der Waals surface area (Å²) in [6.45, 7) is 7.52. The Morgan fingerprint density at radius 3 is 2.48 bits per heavy atom. The van der Waals surface area contributed by atoms with E-state index in [1.165, 1.54) is 5.56 Å². The van der Waals surface area contributed by atoms with Crippen molar-refractivity contribution in [2.75, 3.05) is 6.54 Å². The van der Waals surface area contributed by atoms with Gasteiger partial charge in [-0.2, -0.15) is 0 Å². The van der Waals surface area contributed by atoms with Gasteiger partial charge in [0.1, 0.15) is 5.75 Å². The number of hydrogen-bond acceptors (Lipinski definition) is 4. The summed E-state index contributed by atoms with van der Waals surface area (Å²) in [7, 11) is 0. The molecule has 27 heavy (non-hydrogen) atoms. The van der Waals surface area contributed by atoms with E-state index in [0.717, 1.165) is 41.4 Å². The zero-order valence-corrected chi connectivity index (χ0v) is 15.9. The van der Waals surface area contributed by atoms with Gasteiger partial charge in [-0.25, -0.2) is 9.67 Å². The summed E-state index contributed by atoms with van der Waals surface area (Å²) in [6, 6.07) is 15.6. The lowest BCUT2D eigenvalue weighted by Gasteiger charge is -2.19. The lowest BCUT2D eigenvalue weighted by molar-refractivity contribution is 0.475. The average Bonchev–Trinajstić information content (AvgIpc) is 3.31. The smallest absolute Gasteiger partial charge is 0.179 e. The summed E-state index contributed by atoms with van der Waals surface area (Å²) in [6.07, 6.45) is 2.89. The summed E-state index contributed by atoms with van der Waals surface area (Å²) in [4.78, 5) is 4.82. The van der Waals surface area contributed by atoms with Gasteiger partial charge in [0.15, 0.2) is 11.6 Å². The first-order valence-corrected chi connectivity index (χ1v) is 9.22. The number of phenols is 1. The molecular formula is C22H24N4O. The molecule has 0 fully saturated rings. The Hall–Kier alpha value is -3.08. The first-order valence-electron chi connectivity index (χ1n) is 9.22. The van der Waals surface area contributed by atoms with Crippen molar-refractivity contribution in [1.82, 2.24) is 20.1 Å². The highest BCUT2D eigenvalue weighted by Crippen LogP contribution is 2.29. The Bertz CT molecular complexity index is 994. The second kappa shape index (κ2) is 6.58. The molecule has 0 saturated heterocycles. The minimum atomic E-state index is 0.100. The number of nitrogens with one attached hydrogen (secondary N) is 1. The highest BCUT2D eigenvalue weighted by atomic mass is 16.3. The number of phenolic OH excluding ortho intramolecular Hbond substituents is 1. The summed E-state index contributed by atoms with van der Waals surface area (Å²) in [5.41, 5.74) is 4.26. The minimum absolute atomic E-state index is 0.100. The van der Waals surface area contributed by atoms with E-state index in [4.69, 9.17) is 10.1 Å². The molecule has 0 saturated carbocycles. The summed E-state index contributed by atoms with van der Waals surface area (Å²) in [5, 5.41) is 17.9. The molecule has 0 amide bonds. The topological polar surface area (TPSA) is 63.0 Å². The molecule has 2 N–H and O–H groups in total. The van der Waals surface area contributed by atoms with Gasteiger partial charge >= 0.3 is 0 Å². The molecule has 0 radical (unpaired) electrons. The molecule has 5 nitrogen and oxygen atoms in total. The fourth-order valence-corrected chi connectivity index (χ4v) is 3.21. The monoisotopic (exact) mass is 360 g/mol. The zero-order chi connectivity index (χ0) is 19.0. The molecular weight excluding hydrogens is 336 g/mol. The average molecular weight is 360 g/mol. The van der Waals surface area contributed by atoms with Crippen LogP contribution in [-0.4, -0.2) is 26.4 Å². The molecule has 0 bridgehead atoms. The van der Waals surface area contributed by atoms with Crippen molar-refractivity contribution in [3.8, 4) is 22.8 Å². The van der Waals surface area contributed by atoms with E-state index in [2.05, 4.69) is 50.4 Å². The van der Waals surface area contributed by atoms with Crippen LogP contribution in [-0.2, 0) is 5.41 Å². The van der Waals surface area contributed by atoms with Crippen LogP contribution < -0.4 is 5.32 Å². The second-order valence-electron chi connectivity index (χ2n) is 7.89. The standard InChI is InChI=1S/C22H24N4O/c1-22(2,3)17-9-7-15(8-10-17)21-24-20(16-11-12-23-14-16)25-26(21)18-5-4-6-19(27)13-18/h4-10,13-14,23,27H,11-12H2,1-3H3. The molecule has 0 atom stereocenters. The van der Waals surface area contributed by atoms with Gasteiger partial charge in [-0.1, -0.05) is 51.1 Å². The highest BCUT2D eigenvalue weighted by Gasteiger charge is 2.19. The van der Waals surface area contributed by atoms with Crippen LogP contribution in [0.15, 0.2) is 54.7 Å². The van der Waals surface area contributed by atoms with Gasteiger partial charge in [-0.15, -0.1) is 5.10 Å². The van der Waals surface area contributed by atoms with Crippen molar-refractivity contribution in [2.45, 2.75) is 32.6 Å². The van der Waals surface area contributed by atoms with Crippen LogP contribution in [0.5, 0.6) is 5.75 Å². The summed E-state index contributed by atoms with van der Waals surface area (Å²) >= 11 is 0. The third-order valence-electron chi connectivity index (χ3n) is 4.79. The lowest BCUT2D eigenvalue weighted by atomic mass is 9.87. The second-order valence-corrected chi connectivity index (χ2v) is 7.89. The molecule has 0 spiro atoms. The Kier molecular flexibility index (Phi) is 4.22. The molecule has 138 valence electrons. The molecule has 1 aromatic heterocycles. The Morgan fingerprint density at radius 2 is 1.85 bits per heavy atom. The number of aromatic hydroxyl groups is 1. The predicted octanol–water partition coefficient (Wildman–Crippen LogP) is 4.27. The fraction of sp³-hybridized carbons (Fsp3) is 0.273. The largest absolute Gasteiger partial charge is 0.508 e. The van der Waals surface area contributed by atoms with Crippen LogP contribution in [0.2, 0.25) is 0 Å². The normalized spacial score (nSPS) is 14.1. The molecule has 3 aromatic rings. The SMILES string of the molecule is CC(C)(C)c1ccc(-c2nc(C3=CNCC3)nn2-c2cccc(O)c2)cc1. The highest BCUT2D eigenvalue weighted by molar-refractivity contribution is 5.66. The number of aromatic nitrogens is 3. The Morgan fingerprint density at radius 1 is 1.07 bits per heavy atom. The molecule has 5 heteroatoms. The van der Waals surface area contributed by atoms with Gasteiger partial charge in [-0.05, 0) is 29.5 Å². The first kappa shape index (κ1) is 17.3. The maximum Gasteiger partial charge on any atom is 0.179 e. The minimum Gasteiger partial charge on any atom is -0.508 e. The van der Waals surface area contributed by atoms with Crippen molar-refractivity contribution < 1.29 is 5.11 Å². The maximum atomic E-state index is 9.90. The number of benzene rings is 2. The Labute approximate surface area is 159 Å². The van der Waals surface area contributed by atoms with Crippen LogP contribution in [0.25, 0.3) is 22.6 Å². The van der Waals surface area contributed by atoms with Crippen molar-refractivity contribution in [3.63, 3.8) is 0 Å². The van der Waals surface area contributed by atoms with Crippen LogP contribution in [0.1, 0.15) is 38.6 Å². The zero-order valence-electron chi connectivity index (χ0n) is 15.9. The van der Waals surface area contributed by atoms with E-state index in [0.29, 0.717) is 0 Å². The van der Waals surface area contributed by atoms with Crippen LogP contribution in [0, 0.1) is 0 Å². The van der Waals surface area contributed by atoms with Crippen LogP contribution in [0.4, 0.5) is 0 Å². The molecule has 0 aliphatic carbocycles. The molecule has 1 aliphatic rings. The van der Waals surface area contributed by atoms with Crippen molar-refractivity contribution in [1.29, 1.82) is 0 Å². The summed E-state index contributed by atoms with van der Waals surface area (Å²) < 4.78 is 1.81. The fourth-order valence-electron chi connectivity index (χ4n) is 3.21. The van der Waals surface area contributed by atoms with Gasteiger partial charge in [0, 0.05) is 29.9 Å². The van der Waals surface area contributed by atoms with E-state index >= 15 is 0 Å². The van der Waals surface area contributed by atoms with E-state index in [9.17, 15) is 5.11 Å². The van der Waals surface area contributed by atoms with Crippen LogP contribution >= 0.6 is 0 Å². The van der Waals surface area contributed by atoms with Crippen molar-refractivity contribution in [3.05, 3.63) is 66.1 Å². The number of nitrogens with zero attached hydrogens (tertiary/aromatic N) is 3. The van der Waals surface area contributed by atoms with Gasteiger partial charge in [0.05, 0.1) is 5.69 Å². The van der Waals surface area contributed by atoms with E-state index in [1.807, 2.05) is 18.3 Å². The van der Waals surface area contributed by atoms with Gasteiger partial charge in [0.2, 0.25) is 0 Å². The number of rotatable bonds is 3. The number of hydrogen-bond donors (Lipinski definition) is 2. The third-order valence-corrected chi connectivity index (χ3v) is 4.79. The quantitative estimate of drug-likeness (QED) is 0.732. The van der Waals surface area contributed by atoms with E-state index in [1.54, 1.807) is 16.8 Å². The summed E-state index contributed by atoms with van der Waals surface area (Å²) in [5.74, 6) is 1.70. The van der Waals surface area contributed by atoms with Gasteiger partial charge in [0.25, 0.3) is 0 Å². The molecule has 0 unspecified atom stereocenters. The van der Waals surface area contributed by atoms with E-state index < -0.39 is 0 Å². The van der Waals surface area contributed by atoms with Crippen molar-refractivity contribution in [2.24, 2.45) is 0 Å². The molecule has 1 aliphatic heterocycles. The predicted molar refractivity (Wildman–Crippen MR) is 108 cm³/mol. The molecule has 2 heterocycles. The van der Waals surface area contributed by atoms with Gasteiger partial charge in [-0.3, -0.25) is 0 Å². The molecule has 4 rings (SSSR count). The maximum absolute atomic E-state index is 9.90.